The van der Waals surface area contributed by atoms with Gasteiger partial charge in [-0.15, -0.1) is 0 Å². The van der Waals surface area contributed by atoms with E-state index in [0.717, 1.165) is 19.6 Å². The second-order valence-corrected chi connectivity index (χ2v) is 5.88. The Morgan fingerprint density at radius 3 is 2.43 bits per heavy atom. The van der Waals surface area contributed by atoms with E-state index in [9.17, 15) is 0 Å². The molecule has 1 aromatic carbocycles. The average Bonchev–Trinajstić information content (AvgIpc) is 3.00. The molecule has 0 saturated heterocycles. The van der Waals surface area contributed by atoms with Crippen molar-refractivity contribution < 1.29 is 0 Å². The van der Waals surface area contributed by atoms with Crippen molar-refractivity contribution in [2.24, 2.45) is 0 Å². The van der Waals surface area contributed by atoms with Gasteiger partial charge >= 0.3 is 0 Å². The number of nitrogens with zero attached hydrogens (tertiary/aromatic N) is 2. The Labute approximate surface area is 130 Å². The topological polar surface area (TPSA) is 18.5 Å². The molecule has 1 aromatic rings. The maximum atomic E-state index is 3.56. The van der Waals surface area contributed by atoms with Crippen molar-refractivity contribution in [3.8, 4) is 0 Å². The van der Waals surface area contributed by atoms with Crippen LogP contribution in [-0.2, 0) is 13.0 Å². The summed E-state index contributed by atoms with van der Waals surface area (Å²) in [6, 6.07) is 6.75. The highest BCUT2D eigenvalue weighted by molar-refractivity contribution is 5.61. The molecule has 0 radical (unpaired) electrons. The summed E-state index contributed by atoms with van der Waals surface area (Å²) in [5, 5.41) is 3.56. The van der Waals surface area contributed by atoms with Gasteiger partial charge in [-0.2, -0.15) is 0 Å². The summed E-state index contributed by atoms with van der Waals surface area (Å²) in [6.07, 6.45) is 2.44. The molecule has 1 aliphatic heterocycles. The number of para-hydroxylation sites is 1. The first-order valence-electron chi connectivity index (χ1n) is 8.57. The van der Waals surface area contributed by atoms with Crippen LogP contribution < -0.4 is 5.32 Å². The molecule has 2 rings (SSSR count). The molecule has 0 aromatic heterocycles. The van der Waals surface area contributed by atoms with Gasteiger partial charge in [0.05, 0.1) is 0 Å². The highest BCUT2D eigenvalue weighted by atomic mass is 15.1. The molecule has 0 atom stereocenters. The molecule has 118 valence electrons. The fraction of sp³-hybridized carbons (Fsp3) is 0.667. The summed E-state index contributed by atoms with van der Waals surface area (Å²) >= 11 is 0. The first-order valence-corrected chi connectivity index (χ1v) is 8.57. The maximum absolute atomic E-state index is 3.56. The Kier molecular flexibility index (Phi) is 6.52. The number of hydrogen-bond donors (Lipinski definition) is 1. The van der Waals surface area contributed by atoms with Gasteiger partial charge in [-0.1, -0.05) is 39.0 Å². The molecule has 0 amide bonds. The monoisotopic (exact) mass is 289 g/mol. The smallest absolute Gasteiger partial charge is 0.0419 e. The molecule has 0 aliphatic carbocycles. The second kappa shape index (κ2) is 8.40. The fourth-order valence-corrected chi connectivity index (χ4v) is 3.19. The van der Waals surface area contributed by atoms with Gasteiger partial charge in [0.25, 0.3) is 0 Å². The molecule has 0 saturated carbocycles. The molecule has 3 heteroatoms. The van der Waals surface area contributed by atoms with Crippen LogP contribution in [0.5, 0.6) is 0 Å². The molecule has 0 unspecified atom stereocenters. The third-order valence-electron chi connectivity index (χ3n) is 4.62. The number of hydrogen-bond acceptors (Lipinski definition) is 3. The van der Waals surface area contributed by atoms with E-state index in [4.69, 9.17) is 0 Å². The predicted molar refractivity (Wildman–Crippen MR) is 92.0 cm³/mol. The third-order valence-corrected chi connectivity index (χ3v) is 4.62. The van der Waals surface area contributed by atoms with Crippen LogP contribution in [0.4, 0.5) is 5.69 Å². The normalized spacial score (nSPS) is 13.8. The van der Waals surface area contributed by atoms with E-state index in [-0.39, 0.29) is 0 Å². The molecule has 0 bridgehead atoms. The summed E-state index contributed by atoms with van der Waals surface area (Å²) in [5.41, 5.74) is 4.36. The molecule has 1 N–H and O–H groups in total. The van der Waals surface area contributed by atoms with Crippen molar-refractivity contribution in [2.75, 3.05) is 44.6 Å². The Morgan fingerprint density at radius 2 is 1.71 bits per heavy atom. The summed E-state index contributed by atoms with van der Waals surface area (Å²) in [4.78, 5) is 5.08. The van der Waals surface area contributed by atoms with Gasteiger partial charge in [0.1, 0.15) is 0 Å². The average molecular weight is 289 g/mol. The minimum Gasteiger partial charge on any atom is -0.384 e. The van der Waals surface area contributed by atoms with E-state index >= 15 is 0 Å². The fourth-order valence-electron chi connectivity index (χ4n) is 3.19. The molecular formula is C18H31N3. The Bertz CT molecular complexity index is 426. The number of nitrogens with one attached hydrogen (secondary N) is 1. The van der Waals surface area contributed by atoms with Gasteiger partial charge in [0, 0.05) is 18.8 Å². The van der Waals surface area contributed by atoms with Crippen LogP contribution in [0.25, 0.3) is 0 Å². The highest BCUT2D eigenvalue weighted by Gasteiger charge is 2.15. The van der Waals surface area contributed by atoms with E-state index < -0.39 is 0 Å². The van der Waals surface area contributed by atoms with Crippen LogP contribution in [-0.4, -0.2) is 49.1 Å². The Balaban J connectivity index is 1.86. The minimum atomic E-state index is 1.07. The number of fused-ring (bicyclic) bond motifs is 1. The van der Waals surface area contributed by atoms with Gasteiger partial charge in [0.15, 0.2) is 0 Å². The molecule has 21 heavy (non-hydrogen) atoms. The number of benzene rings is 1. The number of anilines is 1. The van der Waals surface area contributed by atoms with Crippen molar-refractivity contribution in [3.63, 3.8) is 0 Å². The predicted octanol–water partition coefficient (Wildman–Crippen LogP) is 3.21. The largest absolute Gasteiger partial charge is 0.384 e. The molecular weight excluding hydrogens is 258 g/mol. The van der Waals surface area contributed by atoms with Crippen LogP contribution in [0.3, 0.4) is 0 Å². The molecule has 3 nitrogen and oxygen atoms in total. The lowest BCUT2D eigenvalue weighted by atomic mass is 10.1. The SMILES string of the molecule is CCN(CC)CCCN(CC)Cc1cccc2c1NCC2. The second-order valence-electron chi connectivity index (χ2n) is 5.88. The van der Waals surface area contributed by atoms with Crippen LogP contribution in [0, 0.1) is 0 Å². The van der Waals surface area contributed by atoms with E-state index in [0.29, 0.717) is 0 Å². The first-order chi connectivity index (χ1) is 10.3. The zero-order valence-corrected chi connectivity index (χ0v) is 14.0. The standard InChI is InChI=1S/C18H31N3/c1-4-20(5-2)13-8-14-21(6-3)15-17-10-7-9-16-11-12-19-18(16)17/h7,9-10,19H,4-6,8,11-15H2,1-3H3. The quantitative estimate of drug-likeness (QED) is 0.753. The van der Waals surface area contributed by atoms with E-state index in [2.05, 4.69) is 54.1 Å². The van der Waals surface area contributed by atoms with Crippen molar-refractivity contribution >= 4 is 5.69 Å². The highest BCUT2D eigenvalue weighted by Crippen LogP contribution is 2.27. The molecule has 0 spiro atoms. The lowest BCUT2D eigenvalue weighted by Crippen LogP contribution is -2.30. The lowest BCUT2D eigenvalue weighted by Gasteiger charge is -2.24. The summed E-state index contributed by atoms with van der Waals surface area (Å²) in [6.45, 7) is 14.8. The van der Waals surface area contributed by atoms with Crippen LogP contribution in [0.1, 0.15) is 38.3 Å². The van der Waals surface area contributed by atoms with Crippen molar-refractivity contribution in [3.05, 3.63) is 29.3 Å². The van der Waals surface area contributed by atoms with Crippen molar-refractivity contribution in [1.29, 1.82) is 0 Å². The van der Waals surface area contributed by atoms with Gasteiger partial charge in [-0.05, 0) is 56.7 Å². The summed E-state index contributed by atoms with van der Waals surface area (Å²) < 4.78 is 0. The molecule has 0 fully saturated rings. The van der Waals surface area contributed by atoms with Crippen LogP contribution in [0.2, 0.25) is 0 Å². The van der Waals surface area contributed by atoms with E-state index in [1.165, 1.54) is 55.8 Å². The lowest BCUT2D eigenvalue weighted by molar-refractivity contribution is 0.238. The van der Waals surface area contributed by atoms with E-state index in [1.807, 2.05) is 0 Å². The number of rotatable bonds is 9. The molecule has 1 heterocycles. The zero-order chi connectivity index (χ0) is 15.1. The van der Waals surface area contributed by atoms with Crippen molar-refractivity contribution in [1.82, 2.24) is 9.80 Å². The Morgan fingerprint density at radius 1 is 1.00 bits per heavy atom. The van der Waals surface area contributed by atoms with E-state index in [1.54, 1.807) is 0 Å². The summed E-state index contributed by atoms with van der Waals surface area (Å²) in [5.74, 6) is 0. The van der Waals surface area contributed by atoms with Gasteiger partial charge < -0.3 is 10.2 Å². The molecule has 1 aliphatic rings. The van der Waals surface area contributed by atoms with Crippen molar-refractivity contribution in [2.45, 2.75) is 40.2 Å². The maximum Gasteiger partial charge on any atom is 0.0419 e. The van der Waals surface area contributed by atoms with Gasteiger partial charge in [0.2, 0.25) is 0 Å². The Hall–Kier alpha value is -1.06. The van der Waals surface area contributed by atoms with Crippen LogP contribution in [0.15, 0.2) is 18.2 Å². The van der Waals surface area contributed by atoms with Gasteiger partial charge in [-0.25, -0.2) is 0 Å². The summed E-state index contributed by atoms with van der Waals surface area (Å²) in [7, 11) is 0. The minimum absolute atomic E-state index is 1.07. The van der Waals surface area contributed by atoms with Gasteiger partial charge in [-0.3, -0.25) is 4.90 Å². The van der Waals surface area contributed by atoms with Crippen LogP contribution >= 0.6 is 0 Å². The first kappa shape index (κ1) is 16.3. The third kappa shape index (κ3) is 4.45. The zero-order valence-electron chi connectivity index (χ0n) is 14.0.